The standard InChI is InChI=1S/C25H25N3/c1-19(20-9-3-2-4-10-20)26-28-17-15-27(16-18-28)25-23-13-7-5-11-21(23)22-12-6-8-14-24(22)25/h2-14,25H,15-18H2,1H3/p+1/b26-19+. The molecular formula is C25H26N3+. The minimum atomic E-state index is 0.453. The second-order valence-corrected chi connectivity index (χ2v) is 7.77. The molecule has 0 aromatic heterocycles. The van der Waals surface area contributed by atoms with E-state index in [9.17, 15) is 0 Å². The van der Waals surface area contributed by atoms with Crippen molar-refractivity contribution in [1.29, 1.82) is 0 Å². The highest BCUT2D eigenvalue weighted by Gasteiger charge is 2.37. The molecule has 0 unspecified atom stereocenters. The van der Waals surface area contributed by atoms with Crippen molar-refractivity contribution in [3.63, 3.8) is 0 Å². The molecule has 3 aromatic carbocycles. The van der Waals surface area contributed by atoms with Crippen LogP contribution in [0.15, 0.2) is 84.0 Å². The lowest BCUT2D eigenvalue weighted by Gasteiger charge is -2.35. The van der Waals surface area contributed by atoms with Gasteiger partial charge in [0.25, 0.3) is 0 Å². The third-order valence-electron chi connectivity index (χ3n) is 6.11. The van der Waals surface area contributed by atoms with E-state index in [0.717, 1.165) is 31.9 Å². The normalized spacial score (nSPS) is 17.5. The average Bonchev–Trinajstić information content (AvgIpc) is 3.09. The van der Waals surface area contributed by atoms with E-state index in [0.29, 0.717) is 6.04 Å². The summed E-state index contributed by atoms with van der Waals surface area (Å²) in [5.41, 5.74) is 8.09. The number of nitrogens with one attached hydrogen (secondary N) is 1. The Balaban J connectivity index is 1.35. The second kappa shape index (κ2) is 7.25. The summed E-state index contributed by atoms with van der Waals surface area (Å²) in [6.07, 6.45) is 0. The van der Waals surface area contributed by atoms with Crippen LogP contribution in [0, 0.1) is 0 Å². The maximum Gasteiger partial charge on any atom is 0.140 e. The van der Waals surface area contributed by atoms with Gasteiger partial charge < -0.3 is 4.90 Å². The molecule has 1 saturated heterocycles. The smallest absolute Gasteiger partial charge is 0.140 e. The zero-order chi connectivity index (χ0) is 18.9. The van der Waals surface area contributed by atoms with Crippen molar-refractivity contribution >= 4 is 5.71 Å². The molecule has 0 radical (unpaired) electrons. The number of nitrogens with zero attached hydrogens (tertiary/aromatic N) is 2. The van der Waals surface area contributed by atoms with Crippen LogP contribution in [0.3, 0.4) is 0 Å². The average molecular weight is 369 g/mol. The molecule has 1 fully saturated rings. The topological polar surface area (TPSA) is 20.0 Å². The summed E-state index contributed by atoms with van der Waals surface area (Å²) in [7, 11) is 0. The van der Waals surface area contributed by atoms with Crippen LogP contribution in [0.4, 0.5) is 0 Å². The summed E-state index contributed by atoms with van der Waals surface area (Å²) in [6.45, 7) is 6.33. The van der Waals surface area contributed by atoms with Gasteiger partial charge in [-0.05, 0) is 23.6 Å². The first-order valence-electron chi connectivity index (χ1n) is 10.2. The summed E-state index contributed by atoms with van der Waals surface area (Å²) in [5, 5.41) is 7.14. The van der Waals surface area contributed by atoms with E-state index in [1.54, 1.807) is 4.90 Å². The van der Waals surface area contributed by atoms with Gasteiger partial charge in [0.15, 0.2) is 0 Å². The van der Waals surface area contributed by atoms with Crippen LogP contribution in [-0.2, 0) is 0 Å². The Morgan fingerprint density at radius 3 is 1.93 bits per heavy atom. The number of hydrazone groups is 1. The number of quaternary nitrogens is 1. The minimum Gasteiger partial charge on any atom is -0.322 e. The highest BCUT2D eigenvalue weighted by molar-refractivity contribution is 5.98. The molecule has 0 bridgehead atoms. The Morgan fingerprint density at radius 2 is 1.32 bits per heavy atom. The monoisotopic (exact) mass is 368 g/mol. The Morgan fingerprint density at radius 1 is 0.786 bits per heavy atom. The Bertz CT molecular complexity index is 956. The molecule has 3 heteroatoms. The van der Waals surface area contributed by atoms with Gasteiger partial charge in [-0.25, -0.2) is 0 Å². The van der Waals surface area contributed by atoms with Gasteiger partial charge in [-0.15, -0.1) is 0 Å². The Labute approximate surface area is 166 Å². The van der Waals surface area contributed by atoms with Crippen molar-refractivity contribution in [3.05, 3.63) is 95.6 Å². The minimum absolute atomic E-state index is 0.453. The van der Waals surface area contributed by atoms with Crippen LogP contribution in [-0.4, -0.2) is 36.9 Å². The van der Waals surface area contributed by atoms with E-state index < -0.39 is 0 Å². The first-order valence-corrected chi connectivity index (χ1v) is 10.2. The zero-order valence-corrected chi connectivity index (χ0v) is 16.3. The van der Waals surface area contributed by atoms with Gasteiger partial charge in [0.05, 0.1) is 31.9 Å². The number of benzene rings is 3. The fourth-order valence-corrected chi connectivity index (χ4v) is 4.72. The molecule has 3 nitrogen and oxygen atoms in total. The predicted octanol–water partition coefficient (Wildman–Crippen LogP) is 3.38. The number of hydrogen-bond donors (Lipinski definition) is 1. The summed E-state index contributed by atoms with van der Waals surface area (Å²) in [4.78, 5) is 1.65. The van der Waals surface area contributed by atoms with Gasteiger partial charge in [-0.1, -0.05) is 78.9 Å². The molecule has 1 N–H and O–H groups in total. The molecule has 1 aliphatic heterocycles. The van der Waals surface area contributed by atoms with Crippen molar-refractivity contribution in [1.82, 2.24) is 5.01 Å². The molecule has 140 valence electrons. The Hall–Kier alpha value is -2.91. The van der Waals surface area contributed by atoms with E-state index in [4.69, 9.17) is 5.10 Å². The number of piperazine rings is 1. The maximum absolute atomic E-state index is 4.89. The van der Waals surface area contributed by atoms with E-state index in [-0.39, 0.29) is 0 Å². The van der Waals surface area contributed by atoms with E-state index in [1.165, 1.54) is 27.8 Å². The third kappa shape index (κ3) is 3.02. The van der Waals surface area contributed by atoms with Crippen molar-refractivity contribution in [2.24, 2.45) is 5.10 Å². The summed E-state index contributed by atoms with van der Waals surface area (Å²) in [6, 6.07) is 28.8. The van der Waals surface area contributed by atoms with Crippen LogP contribution >= 0.6 is 0 Å². The zero-order valence-electron chi connectivity index (χ0n) is 16.3. The first-order chi connectivity index (χ1) is 13.8. The molecule has 0 spiro atoms. The van der Waals surface area contributed by atoms with Gasteiger partial charge in [-0.3, -0.25) is 5.01 Å². The van der Waals surface area contributed by atoms with Gasteiger partial charge >= 0.3 is 0 Å². The van der Waals surface area contributed by atoms with Crippen molar-refractivity contribution < 1.29 is 4.90 Å². The summed E-state index contributed by atoms with van der Waals surface area (Å²) in [5.74, 6) is 0. The summed E-state index contributed by atoms with van der Waals surface area (Å²) < 4.78 is 0. The second-order valence-electron chi connectivity index (χ2n) is 7.77. The molecule has 3 aromatic rings. The molecule has 1 heterocycles. The molecule has 0 amide bonds. The quantitative estimate of drug-likeness (QED) is 0.703. The fourth-order valence-electron chi connectivity index (χ4n) is 4.72. The molecule has 28 heavy (non-hydrogen) atoms. The largest absolute Gasteiger partial charge is 0.322 e. The molecular weight excluding hydrogens is 342 g/mol. The van der Waals surface area contributed by atoms with E-state index in [2.05, 4.69) is 90.8 Å². The SMILES string of the molecule is C/C(=N\N1CC[NH+](C2c3ccccc3-c3ccccc32)CC1)c1ccccc1. The van der Waals surface area contributed by atoms with Gasteiger partial charge in [0.2, 0.25) is 0 Å². The lowest BCUT2D eigenvalue weighted by molar-refractivity contribution is -0.929. The first kappa shape index (κ1) is 17.2. The Kier molecular flexibility index (Phi) is 4.46. The van der Waals surface area contributed by atoms with Gasteiger partial charge in [0.1, 0.15) is 6.04 Å². The van der Waals surface area contributed by atoms with E-state index >= 15 is 0 Å². The number of hydrogen-bond acceptors (Lipinski definition) is 2. The van der Waals surface area contributed by atoms with Gasteiger partial charge in [0, 0.05) is 11.1 Å². The lowest BCUT2D eigenvalue weighted by atomic mass is 10.0. The lowest BCUT2D eigenvalue weighted by Crippen LogP contribution is -3.14. The van der Waals surface area contributed by atoms with Gasteiger partial charge in [-0.2, -0.15) is 5.10 Å². The van der Waals surface area contributed by atoms with Crippen molar-refractivity contribution in [2.75, 3.05) is 26.2 Å². The third-order valence-corrected chi connectivity index (χ3v) is 6.11. The molecule has 0 atom stereocenters. The highest BCUT2D eigenvalue weighted by atomic mass is 15.5. The summed E-state index contributed by atoms with van der Waals surface area (Å²) >= 11 is 0. The predicted molar refractivity (Wildman–Crippen MR) is 115 cm³/mol. The molecule has 5 rings (SSSR count). The van der Waals surface area contributed by atoms with Crippen LogP contribution in [0.25, 0.3) is 11.1 Å². The molecule has 1 aliphatic carbocycles. The molecule has 2 aliphatic rings. The number of rotatable bonds is 3. The fraction of sp³-hybridized carbons (Fsp3) is 0.240. The van der Waals surface area contributed by atoms with E-state index in [1.807, 2.05) is 0 Å². The van der Waals surface area contributed by atoms with Crippen molar-refractivity contribution in [2.45, 2.75) is 13.0 Å². The van der Waals surface area contributed by atoms with Crippen molar-refractivity contribution in [3.8, 4) is 11.1 Å². The maximum atomic E-state index is 4.89. The van der Waals surface area contributed by atoms with Crippen LogP contribution in [0.1, 0.15) is 29.7 Å². The molecule has 0 saturated carbocycles. The van der Waals surface area contributed by atoms with Crippen LogP contribution < -0.4 is 4.90 Å². The highest BCUT2D eigenvalue weighted by Crippen LogP contribution is 2.41. The van der Waals surface area contributed by atoms with Crippen LogP contribution in [0.2, 0.25) is 0 Å². The number of fused-ring (bicyclic) bond motifs is 3. The van der Waals surface area contributed by atoms with Crippen LogP contribution in [0.5, 0.6) is 0 Å².